The Morgan fingerprint density at radius 1 is 1.16 bits per heavy atom. The topological polar surface area (TPSA) is 36.4 Å². The van der Waals surface area contributed by atoms with Crippen LogP contribution in [0.2, 0.25) is 0 Å². The highest BCUT2D eigenvalue weighted by atomic mass is 79.9. The van der Waals surface area contributed by atoms with Crippen molar-refractivity contribution in [2.45, 2.75) is 13.3 Å². The number of aryl methyl sites for hydroxylation is 1. The SMILES string of the molecule is CCc1ccc2nc(N3CCN(C(=O)c4ccc(Br)s4)CC3)sc2c1. The molecule has 0 aliphatic carbocycles. The molecule has 4 rings (SSSR count). The van der Waals surface area contributed by atoms with Crippen molar-refractivity contribution in [3.63, 3.8) is 0 Å². The molecule has 0 saturated carbocycles. The largest absolute Gasteiger partial charge is 0.345 e. The summed E-state index contributed by atoms with van der Waals surface area (Å²) in [6.45, 7) is 5.32. The molecule has 130 valence electrons. The van der Waals surface area contributed by atoms with Crippen LogP contribution >= 0.6 is 38.6 Å². The lowest BCUT2D eigenvalue weighted by molar-refractivity contribution is 0.0751. The molecule has 0 N–H and O–H groups in total. The number of rotatable bonds is 3. The van der Waals surface area contributed by atoms with Gasteiger partial charge in [0.1, 0.15) is 0 Å². The minimum Gasteiger partial charge on any atom is -0.345 e. The Kier molecular flexibility index (Phi) is 4.80. The maximum absolute atomic E-state index is 12.6. The summed E-state index contributed by atoms with van der Waals surface area (Å²) in [6.07, 6.45) is 1.04. The zero-order valence-corrected chi connectivity index (χ0v) is 17.1. The van der Waals surface area contributed by atoms with Gasteiger partial charge in [-0.2, -0.15) is 0 Å². The third kappa shape index (κ3) is 3.45. The van der Waals surface area contributed by atoms with E-state index in [2.05, 4.69) is 46.0 Å². The van der Waals surface area contributed by atoms with Crippen LogP contribution in [0, 0.1) is 0 Å². The molecule has 1 saturated heterocycles. The number of aromatic nitrogens is 1. The summed E-state index contributed by atoms with van der Waals surface area (Å²) in [4.78, 5) is 22.4. The number of benzene rings is 1. The van der Waals surface area contributed by atoms with Gasteiger partial charge in [-0.25, -0.2) is 4.98 Å². The Morgan fingerprint density at radius 3 is 2.64 bits per heavy atom. The van der Waals surface area contributed by atoms with Crippen LogP contribution in [-0.2, 0) is 6.42 Å². The first-order valence-corrected chi connectivity index (χ1v) is 10.8. The predicted molar refractivity (Wildman–Crippen MR) is 109 cm³/mol. The first-order chi connectivity index (χ1) is 12.1. The highest BCUT2D eigenvalue weighted by Gasteiger charge is 2.24. The molecule has 0 radical (unpaired) electrons. The molecule has 3 aromatic rings. The fourth-order valence-corrected chi connectivity index (χ4v) is 5.43. The Morgan fingerprint density at radius 2 is 1.96 bits per heavy atom. The Balaban J connectivity index is 1.45. The first-order valence-electron chi connectivity index (χ1n) is 8.33. The number of carbonyl (C=O) groups excluding carboxylic acids is 1. The van der Waals surface area contributed by atoms with Crippen LogP contribution in [0.5, 0.6) is 0 Å². The quantitative estimate of drug-likeness (QED) is 0.600. The molecule has 0 spiro atoms. The van der Waals surface area contributed by atoms with Gasteiger partial charge in [-0.05, 0) is 52.2 Å². The van der Waals surface area contributed by atoms with E-state index in [-0.39, 0.29) is 5.91 Å². The van der Waals surface area contributed by atoms with Gasteiger partial charge in [0.25, 0.3) is 5.91 Å². The summed E-state index contributed by atoms with van der Waals surface area (Å²) in [5.74, 6) is 0.132. The normalized spacial score (nSPS) is 15.1. The van der Waals surface area contributed by atoms with E-state index in [0.717, 1.165) is 51.9 Å². The molecule has 4 nitrogen and oxygen atoms in total. The summed E-state index contributed by atoms with van der Waals surface area (Å²) in [5, 5.41) is 1.06. The van der Waals surface area contributed by atoms with Gasteiger partial charge in [0.15, 0.2) is 5.13 Å². The first kappa shape index (κ1) is 17.0. The summed E-state index contributed by atoms with van der Waals surface area (Å²) in [5.41, 5.74) is 2.42. The molecule has 1 aliphatic rings. The van der Waals surface area contributed by atoms with Crippen molar-refractivity contribution in [3.05, 3.63) is 44.6 Å². The van der Waals surface area contributed by atoms with E-state index in [4.69, 9.17) is 4.98 Å². The molecule has 25 heavy (non-hydrogen) atoms. The van der Waals surface area contributed by atoms with Crippen molar-refractivity contribution in [2.75, 3.05) is 31.1 Å². The van der Waals surface area contributed by atoms with Crippen LogP contribution in [0.25, 0.3) is 10.2 Å². The lowest BCUT2D eigenvalue weighted by atomic mass is 10.2. The lowest BCUT2D eigenvalue weighted by Crippen LogP contribution is -2.48. The number of thiophene rings is 1. The smallest absolute Gasteiger partial charge is 0.264 e. The van der Waals surface area contributed by atoms with Crippen LogP contribution in [0.1, 0.15) is 22.2 Å². The molecule has 0 atom stereocenters. The molecule has 3 heterocycles. The van der Waals surface area contributed by atoms with Crippen molar-refractivity contribution >= 4 is 59.9 Å². The van der Waals surface area contributed by atoms with Crippen molar-refractivity contribution in [1.29, 1.82) is 0 Å². The van der Waals surface area contributed by atoms with Gasteiger partial charge in [0.2, 0.25) is 0 Å². The molecule has 1 aliphatic heterocycles. The standard InChI is InChI=1S/C18H18BrN3OS2/c1-2-12-3-4-13-15(11-12)25-18(20-13)22-9-7-21(8-10-22)17(23)14-5-6-16(19)24-14/h3-6,11H,2,7-10H2,1H3. The minimum absolute atomic E-state index is 0.132. The number of anilines is 1. The predicted octanol–water partition coefficient (Wildman–Crippen LogP) is 4.65. The van der Waals surface area contributed by atoms with Crippen LogP contribution in [0.4, 0.5) is 5.13 Å². The molecule has 7 heteroatoms. The Labute approximate surface area is 163 Å². The second kappa shape index (κ2) is 7.05. The average molecular weight is 436 g/mol. The van der Waals surface area contributed by atoms with E-state index >= 15 is 0 Å². The lowest BCUT2D eigenvalue weighted by Gasteiger charge is -2.34. The molecule has 1 fully saturated rings. The zero-order chi connectivity index (χ0) is 17.4. The molecule has 2 aromatic heterocycles. The monoisotopic (exact) mass is 435 g/mol. The summed E-state index contributed by atoms with van der Waals surface area (Å²) < 4.78 is 2.24. The number of fused-ring (bicyclic) bond motifs is 1. The van der Waals surface area contributed by atoms with Crippen LogP contribution < -0.4 is 4.90 Å². The van der Waals surface area contributed by atoms with Crippen molar-refractivity contribution in [3.8, 4) is 0 Å². The van der Waals surface area contributed by atoms with Gasteiger partial charge >= 0.3 is 0 Å². The number of amides is 1. The van der Waals surface area contributed by atoms with Gasteiger partial charge in [0, 0.05) is 26.2 Å². The summed E-state index contributed by atoms with van der Waals surface area (Å²) in [7, 11) is 0. The maximum atomic E-state index is 12.6. The molecule has 1 amide bonds. The van der Waals surface area contributed by atoms with Gasteiger partial charge in [0.05, 0.1) is 18.9 Å². The molecular formula is C18H18BrN3OS2. The van der Waals surface area contributed by atoms with E-state index in [9.17, 15) is 4.79 Å². The van der Waals surface area contributed by atoms with Gasteiger partial charge < -0.3 is 9.80 Å². The average Bonchev–Trinajstić information content (AvgIpc) is 3.26. The summed E-state index contributed by atoms with van der Waals surface area (Å²) in [6, 6.07) is 10.3. The van der Waals surface area contributed by atoms with Crippen LogP contribution in [-0.4, -0.2) is 42.0 Å². The van der Waals surface area contributed by atoms with Crippen molar-refractivity contribution < 1.29 is 4.79 Å². The molecule has 1 aromatic carbocycles. The zero-order valence-electron chi connectivity index (χ0n) is 13.9. The van der Waals surface area contributed by atoms with Crippen LogP contribution in [0.3, 0.4) is 0 Å². The van der Waals surface area contributed by atoms with Crippen molar-refractivity contribution in [1.82, 2.24) is 9.88 Å². The Bertz CT molecular complexity index is 912. The highest BCUT2D eigenvalue weighted by Crippen LogP contribution is 2.30. The number of hydrogen-bond donors (Lipinski definition) is 0. The molecule has 0 bridgehead atoms. The third-order valence-electron chi connectivity index (χ3n) is 4.47. The number of carbonyl (C=O) groups is 1. The molecule has 0 unspecified atom stereocenters. The van der Waals surface area contributed by atoms with Crippen molar-refractivity contribution in [2.24, 2.45) is 0 Å². The van der Waals surface area contributed by atoms with E-state index < -0.39 is 0 Å². The van der Waals surface area contributed by atoms with Gasteiger partial charge in [-0.15, -0.1) is 11.3 Å². The second-order valence-corrected chi connectivity index (χ2v) is 9.51. The van der Waals surface area contributed by atoms with E-state index in [0.29, 0.717) is 0 Å². The summed E-state index contributed by atoms with van der Waals surface area (Å²) >= 11 is 6.67. The van der Waals surface area contributed by atoms with Gasteiger partial charge in [-0.3, -0.25) is 4.79 Å². The number of halogens is 1. The minimum atomic E-state index is 0.132. The third-order valence-corrected chi connectivity index (χ3v) is 7.16. The number of piperazine rings is 1. The van der Waals surface area contributed by atoms with Crippen LogP contribution in [0.15, 0.2) is 34.1 Å². The fourth-order valence-electron chi connectivity index (χ4n) is 3.00. The number of nitrogens with zero attached hydrogens (tertiary/aromatic N) is 3. The van der Waals surface area contributed by atoms with E-state index in [1.54, 1.807) is 11.3 Å². The maximum Gasteiger partial charge on any atom is 0.264 e. The number of hydrogen-bond acceptors (Lipinski definition) is 5. The molecular weight excluding hydrogens is 418 g/mol. The van der Waals surface area contributed by atoms with E-state index in [1.165, 1.54) is 21.6 Å². The Hall–Kier alpha value is -1.44. The number of thiazole rings is 1. The highest BCUT2D eigenvalue weighted by molar-refractivity contribution is 9.11. The van der Waals surface area contributed by atoms with E-state index in [1.807, 2.05) is 17.0 Å². The second-order valence-electron chi connectivity index (χ2n) is 6.04. The van der Waals surface area contributed by atoms with Gasteiger partial charge in [-0.1, -0.05) is 24.3 Å². The fraction of sp³-hybridized carbons (Fsp3) is 0.333.